The molecule has 0 atom stereocenters. The zero-order valence-corrected chi connectivity index (χ0v) is 14.7. The highest BCUT2D eigenvalue weighted by Gasteiger charge is 2.30. The lowest BCUT2D eigenvalue weighted by molar-refractivity contribution is 0.140. The number of halogens is 1. The Labute approximate surface area is 138 Å². The van der Waals surface area contributed by atoms with Crippen LogP contribution in [0, 0.1) is 23.7 Å². The van der Waals surface area contributed by atoms with Crippen LogP contribution in [0.1, 0.15) is 96.8 Å². The third kappa shape index (κ3) is 6.05. The standard InChI is InChI=1S/C21H37F/c1-2-3-4-7-18-9-13-20(14-10-18)21-15-11-19(12-16-21)8-5-6-17-22/h6,17-21H,2-5,7-16H2,1H3/t18-,19-,20-,21-. The van der Waals surface area contributed by atoms with Crippen LogP contribution >= 0.6 is 0 Å². The van der Waals surface area contributed by atoms with Gasteiger partial charge in [-0.1, -0.05) is 64.4 Å². The summed E-state index contributed by atoms with van der Waals surface area (Å²) in [5.41, 5.74) is 0. The Morgan fingerprint density at radius 3 is 1.82 bits per heavy atom. The summed E-state index contributed by atoms with van der Waals surface area (Å²) in [7, 11) is 0. The first-order chi connectivity index (χ1) is 10.8. The summed E-state index contributed by atoms with van der Waals surface area (Å²) < 4.78 is 12.0. The summed E-state index contributed by atoms with van der Waals surface area (Å²) in [6.07, 6.45) is 22.1. The van der Waals surface area contributed by atoms with Crippen LogP contribution in [0.4, 0.5) is 4.39 Å². The first-order valence-corrected chi connectivity index (χ1v) is 10.1. The second-order valence-electron chi connectivity index (χ2n) is 8.00. The van der Waals surface area contributed by atoms with E-state index in [1.807, 2.05) is 0 Å². The van der Waals surface area contributed by atoms with Crippen molar-refractivity contribution in [3.63, 3.8) is 0 Å². The molecule has 0 N–H and O–H groups in total. The topological polar surface area (TPSA) is 0 Å². The molecule has 22 heavy (non-hydrogen) atoms. The lowest BCUT2D eigenvalue weighted by atomic mass is 9.68. The first kappa shape index (κ1) is 18.0. The maximum absolute atomic E-state index is 12.0. The van der Waals surface area contributed by atoms with Gasteiger partial charge in [0.25, 0.3) is 0 Å². The Balaban J connectivity index is 1.60. The highest BCUT2D eigenvalue weighted by atomic mass is 19.1. The molecule has 0 aliphatic heterocycles. The minimum atomic E-state index is 0.713. The highest BCUT2D eigenvalue weighted by Crippen LogP contribution is 2.43. The summed E-state index contributed by atoms with van der Waals surface area (Å²) in [5, 5.41) is 0. The maximum atomic E-state index is 12.0. The Bertz CT molecular complexity index is 293. The third-order valence-corrected chi connectivity index (χ3v) is 6.50. The summed E-state index contributed by atoms with van der Waals surface area (Å²) >= 11 is 0. The van der Waals surface area contributed by atoms with Crippen molar-refractivity contribution in [3.05, 3.63) is 12.4 Å². The smallest absolute Gasteiger partial charge is 0.0827 e. The number of allylic oxidation sites excluding steroid dienone is 1. The molecular formula is C21H37F. The monoisotopic (exact) mass is 308 g/mol. The van der Waals surface area contributed by atoms with Crippen molar-refractivity contribution < 1.29 is 4.39 Å². The minimum absolute atomic E-state index is 0.713. The molecule has 2 rings (SSSR count). The zero-order valence-electron chi connectivity index (χ0n) is 14.7. The molecular weight excluding hydrogens is 271 g/mol. The van der Waals surface area contributed by atoms with Gasteiger partial charge in [0.2, 0.25) is 0 Å². The Hall–Kier alpha value is -0.330. The van der Waals surface area contributed by atoms with Gasteiger partial charge in [0.15, 0.2) is 0 Å². The van der Waals surface area contributed by atoms with E-state index in [0.29, 0.717) is 6.33 Å². The molecule has 2 fully saturated rings. The van der Waals surface area contributed by atoms with Crippen LogP contribution in [-0.2, 0) is 0 Å². The summed E-state index contributed by atoms with van der Waals surface area (Å²) in [6, 6.07) is 0. The van der Waals surface area contributed by atoms with Gasteiger partial charge in [0, 0.05) is 0 Å². The van der Waals surface area contributed by atoms with Crippen LogP contribution in [0.5, 0.6) is 0 Å². The van der Waals surface area contributed by atoms with Crippen molar-refractivity contribution in [2.24, 2.45) is 23.7 Å². The molecule has 0 saturated heterocycles. The van der Waals surface area contributed by atoms with Crippen molar-refractivity contribution in [2.75, 3.05) is 0 Å². The van der Waals surface area contributed by atoms with Crippen LogP contribution < -0.4 is 0 Å². The number of hydrogen-bond donors (Lipinski definition) is 0. The second kappa shape index (κ2) is 10.4. The quantitative estimate of drug-likeness (QED) is 0.409. The fourth-order valence-corrected chi connectivity index (χ4v) is 4.97. The molecule has 0 aromatic rings. The summed E-state index contributed by atoms with van der Waals surface area (Å²) in [5.74, 6) is 3.98. The van der Waals surface area contributed by atoms with Crippen LogP contribution in [0.2, 0.25) is 0 Å². The molecule has 0 nitrogen and oxygen atoms in total. The van der Waals surface area contributed by atoms with E-state index in [1.165, 1.54) is 83.5 Å². The second-order valence-corrected chi connectivity index (χ2v) is 8.00. The lowest BCUT2D eigenvalue weighted by Gasteiger charge is -2.38. The van der Waals surface area contributed by atoms with Gasteiger partial charge in [0.1, 0.15) is 0 Å². The molecule has 2 aliphatic carbocycles. The van der Waals surface area contributed by atoms with Gasteiger partial charge in [-0.25, -0.2) is 4.39 Å². The normalized spacial score (nSPS) is 33.4. The molecule has 0 unspecified atom stereocenters. The fourth-order valence-electron chi connectivity index (χ4n) is 4.97. The van der Waals surface area contributed by atoms with E-state index in [1.54, 1.807) is 6.08 Å². The SMILES string of the molecule is CCCCC[C@H]1CC[C@H]([C@H]2CC[C@H](CCC=CF)CC2)CC1. The molecule has 0 radical (unpaired) electrons. The maximum Gasteiger partial charge on any atom is 0.0827 e. The van der Waals surface area contributed by atoms with Gasteiger partial charge >= 0.3 is 0 Å². The van der Waals surface area contributed by atoms with Gasteiger partial charge in [-0.05, 0) is 62.2 Å². The van der Waals surface area contributed by atoms with Crippen molar-refractivity contribution in [3.8, 4) is 0 Å². The minimum Gasteiger partial charge on any atom is -0.216 e. The largest absolute Gasteiger partial charge is 0.216 e. The van der Waals surface area contributed by atoms with E-state index >= 15 is 0 Å². The van der Waals surface area contributed by atoms with E-state index in [-0.39, 0.29) is 0 Å². The molecule has 0 bridgehead atoms. The molecule has 2 aliphatic rings. The van der Waals surface area contributed by atoms with Gasteiger partial charge < -0.3 is 0 Å². The fraction of sp³-hybridized carbons (Fsp3) is 0.905. The van der Waals surface area contributed by atoms with Crippen molar-refractivity contribution in [1.82, 2.24) is 0 Å². The molecule has 0 spiro atoms. The highest BCUT2D eigenvalue weighted by molar-refractivity contribution is 4.83. The van der Waals surface area contributed by atoms with Crippen LogP contribution in [-0.4, -0.2) is 0 Å². The van der Waals surface area contributed by atoms with E-state index in [0.717, 1.165) is 30.1 Å². The van der Waals surface area contributed by atoms with Gasteiger partial charge in [-0.3, -0.25) is 0 Å². The Morgan fingerprint density at radius 1 is 0.773 bits per heavy atom. The summed E-state index contributed by atoms with van der Waals surface area (Å²) in [4.78, 5) is 0. The molecule has 1 heteroatoms. The number of hydrogen-bond acceptors (Lipinski definition) is 0. The molecule has 0 heterocycles. The Kier molecular flexibility index (Phi) is 8.55. The van der Waals surface area contributed by atoms with Crippen LogP contribution in [0.25, 0.3) is 0 Å². The predicted molar refractivity (Wildman–Crippen MR) is 94.5 cm³/mol. The van der Waals surface area contributed by atoms with E-state index in [9.17, 15) is 4.39 Å². The average Bonchev–Trinajstić information content (AvgIpc) is 2.57. The van der Waals surface area contributed by atoms with Crippen molar-refractivity contribution in [1.29, 1.82) is 0 Å². The molecule has 0 amide bonds. The lowest BCUT2D eigenvalue weighted by Crippen LogP contribution is -2.25. The first-order valence-electron chi connectivity index (χ1n) is 10.1. The van der Waals surface area contributed by atoms with Gasteiger partial charge in [0.05, 0.1) is 6.33 Å². The van der Waals surface area contributed by atoms with E-state index in [4.69, 9.17) is 0 Å². The Morgan fingerprint density at radius 2 is 1.32 bits per heavy atom. The van der Waals surface area contributed by atoms with Gasteiger partial charge in [-0.2, -0.15) is 0 Å². The van der Waals surface area contributed by atoms with Crippen LogP contribution in [0.15, 0.2) is 12.4 Å². The number of unbranched alkanes of at least 4 members (excludes halogenated alkanes) is 2. The van der Waals surface area contributed by atoms with Crippen LogP contribution in [0.3, 0.4) is 0 Å². The predicted octanol–water partition coefficient (Wildman–Crippen LogP) is 7.44. The molecule has 128 valence electrons. The summed E-state index contributed by atoms with van der Waals surface area (Å²) in [6.45, 7) is 2.31. The number of rotatable bonds is 8. The van der Waals surface area contributed by atoms with Crippen molar-refractivity contribution in [2.45, 2.75) is 96.8 Å². The average molecular weight is 309 g/mol. The van der Waals surface area contributed by atoms with Gasteiger partial charge in [-0.15, -0.1) is 0 Å². The van der Waals surface area contributed by atoms with Crippen molar-refractivity contribution >= 4 is 0 Å². The van der Waals surface area contributed by atoms with E-state index in [2.05, 4.69) is 6.92 Å². The molecule has 0 aromatic carbocycles. The molecule has 0 aromatic heterocycles. The zero-order chi connectivity index (χ0) is 15.6. The van der Waals surface area contributed by atoms with E-state index < -0.39 is 0 Å². The molecule has 2 saturated carbocycles. The third-order valence-electron chi connectivity index (χ3n) is 6.50.